The summed E-state index contributed by atoms with van der Waals surface area (Å²) in [5, 5.41) is 9.44. The van der Waals surface area contributed by atoms with E-state index in [0.717, 1.165) is 10.2 Å². The minimum Gasteiger partial charge on any atom is -0.494 e. The Morgan fingerprint density at radius 2 is 2.25 bits per heavy atom. The lowest BCUT2D eigenvalue weighted by molar-refractivity contribution is 0.153. The quantitative estimate of drug-likeness (QED) is 0.842. The summed E-state index contributed by atoms with van der Waals surface area (Å²) in [6.45, 7) is 0.500. The molecule has 2 rings (SSSR count). The number of benzene rings is 1. The minimum absolute atomic E-state index is 0.000530. The number of aliphatic hydroxyl groups is 1. The molecule has 2 atom stereocenters. The molecule has 1 fully saturated rings. The van der Waals surface area contributed by atoms with Crippen LogP contribution in [0.15, 0.2) is 28.7 Å². The van der Waals surface area contributed by atoms with Crippen molar-refractivity contribution in [3.63, 3.8) is 0 Å². The number of rotatable bonds is 6. The molecule has 2 unspecified atom stereocenters. The summed E-state index contributed by atoms with van der Waals surface area (Å²) in [6, 6.07) is 7.58. The molecule has 0 amide bonds. The lowest BCUT2D eigenvalue weighted by atomic mass is 9.90. The number of hydrogen-bond acceptors (Lipinski definition) is 4. The van der Waals surface area contributed by atoms with Crippen molar-refractivity contribution in [1.82, 2.24) is 0 Å². The fourth-order valence-corrected chi connectivity index (χ4v) is 4.85. The fourth-order valence-electron chi connectivity index (χ4n) is 2.56. The Kier molecular flexibility index (Phi) is 5.46. The van der Waals surface area contributed by atoms with Crippen LogP contribution in [0.2, 0.25) is 0 Å². The van der Waals surface area contributed by atoms with Gasteiger partial charge in [0.15, 0.2) is 9.84 Å². The second-order valence-electron chi connectivity index (χ2n) is 5.20. The maximum atomic E-state index is 11.5. The van der Waals surface area contributed by atoms with Gasteiger partial charge < -0.3 is 9.84 Å². The molecule has 0 saturated carbocycles. The summed E-state index contributed by atoms with van der Waals surface area (Å²) in [5.41, 5.74) is 0. The second kappa shape index (κ2) is 6.91. The highest BCUT2D eigenvalue weighted by molar-refractivity contribution is 9.10. The normalized spacial score (nSPS) is 22.6. The van der Waals surface area contributed by atoms with Crippen LogP contribution in [0, 0.1) is 11.8 Å². The maximum Gasteiger partial charge on any atom is 0.150 e. The van der Waals surface area contributed by atoms with Crippen molar-refractivity contribution in [3.8, 4) is 5.75 Å². The van der Waals surface area contributed by atoms with Crippen molar-refractivity contribution in [1.29, 1.82) is 0 Å². The highest BCUT2D eigenvalue weighted by Gasteiger charge is 2.33. The first-order chi connectivity index (χ1) is 9.50. The molecule has 1 heterocycles. The van der Waals surface area contributed by atoms with Crippen molar-refractivity contribution >= 4 is 25.8 Å². The van der Waals surface area contributed by atoms with E-state index in [1.165, 1.54) is 0 Å². The molecule has 1 N–H and O–H groups in total. The third-order valence-corrected chi connectivity index (χ3v) is 6.01. The molecular weight excluding hydrogens is 344 g/mol. The Morgan fingerprint density at radius 3 is 2.85 bits per heavy atom. The van der Waals surface area contributed by atoms with Crippen molar-refractivity contribution in [2.75, 3.05) is 24.7 Å². The van der Waals surface area contributed by atoms with Crippen LogP contribution in [0.4, 0.5) is 0 Å². The number of ether oxygens (including phenoxy) is 1. The molecule has 20 heavy (non-hydrogen) atoms. The van der Waals surface area contributed by atoms with E-state index in [4.69, 9.17) is 4.74 Å². The van der Waals surface area contributed by atoms with Crippen LogP contribution in [0.1, 0.15) is 12.8 Å². The third-order valence-electron chi connectivity index (χ3n) is 3.72. The molecule has 1 saturated heterocycles. The highest BCUT2D eigenvalue weighted by Crippen LogP contribution is 2.28. The summed E-state index contributed by atoms with van der Waals surface area (Å²) in [4.78, 5) is 0. The molecule has 6 heteroatoms. The average Bonchev–Trinajstić information content (AvgIpc) is 2.75. The zero-order valence-corrected chi connectivity index (χ0v) is 13.6. The van der Waals surface area contributed by atoms with E-state index in [9.17, 15) is 13.5 Å². The zero-order chi connectivity index (χ0) is 14.6. The molecule has 1 aromatic carbocycles. The molecule has 1 aromatic rings. The SMILES string of the molecule is O=S1(=O)CCC(C(CO)CCOc2cccc(Br)c2)C1. The van der Waals surface area contributed by atoms with Crippen LogP contribution in [0.25, 0.3) is 0 Å². The van der Waals surface area contributed by atoms with Crippen LogP contribution in [0.3, 0.4) is 0 Å². The Labute approximate surface area is 128 Å². The first-order valence-corrected chi connectivity index (χ1v) is 9.31. The van der Waals surface area contributed by atoms with Crippen LogP contribution < -0.4 is 4.74 Å². The van der Waals surface area contributed by atoms with Gasteiger partial charge in [0.25, 0.3) is 0 Å². The van der Waals surface area contributed by atoms with Crippen molar-refractivity contribution in [3.05, 3.63) is 28.7 Å². The summed E-state index contributed by atoms with van der Waals surface area (Å²) in [6.07, 6.45) is 1.33. The number of halogens is 1. The van der Waals surface area contributed by atoms with Crippen LogP contribution in [-0.4, -0.2) is 38.2 Å². The molecule has 1 aliphatic heterocycles. The molecule has 0 radical (unpaired) electrons. The minimum atomic E-state index is -2.89. The Balaban J connectivity index is 1.83. The highest BCUT2D eigenvalue weighted by atomic mass is 79.9. The standard InChI is InChI=1S/C14H19BrO4S/c15-13-2-1-3-14(8-13)19-6-4-11(9-16)12-5-7-20(17,18)10-12/h1-3,8,11-12,16H,4-7,9-10H2. The van der Waals surface area contributed by atoms with E-state index in [1.54, 1.807) is 0 Å². The topological polar surface area (TPSA) is 63.6 Å². The lowest BCUT2D eigenvalue weighted by Crippen LogP contribution is -2.22. The molecule has 0 aliphatic carbocycles. The number of aliphatic hydroxyl groups excluding tert-OH is 1. The molecule has 0 spiro atoms. The predicted octanol–water partition coefficient (Wildman–Crippen LogP) is 2.26. The van der Waals surface area contributed by atoms with Gasteiger partial charge in [0.1, 0.15) is 5.75 Å². The van der Waals surface area contributed by atoms with Gasteiger partial charge in [0.2, 0.25) is 0 Å². The summed E-state index contributed by atoms with van der Waals surface area (Å²) < 4.78 is 29.5. The molecule has 1 aliphatic rings. The van der Waals surface area contributed by atoms with E-state index >= 15 is 0 Å². The fraction of sp³-hybridized carbons (Fsp3) is 0.571. The van der Waals surface area contributed by atoms with Gasteiger partial charge in [0, 0.05) is 11.1 Å². The van der Waals surface area contributed by atoms with E-state index in [2.05, 4.69) is 15.9 Å². The summed E-state index contributed by atoms with van der Waals surface area (Å²) in [7, 11) is -2.89. The van der Waals surface area contributed by atoms with Gasteiger partial charge >= 0.3 is 0 Å². The number of sulfone groups is 1. The first kappa shape index (κ1) is 15.8. The largest absolute Gasteiger partial charge is 0.494 e. The van der Waals surface area contributed by atoms with Crippen LogP contribution in [0.5, 0.6) is 5.75 Å². The van der Waals surface area contributed by atoms with Gasteiger partial charge in [-0.1, -0.05) is 22.0 Å². The number of hydrogen-bond donors (Lipinski definition) is 1. The summed E-state index contributed by atoms with van der Waals surface area (Å²) in [5.74, 6) is 1.29. The van der Waals surface area contributed by atoms with E-state index < -0.39 is 9.84 Å². The Bertz CT molecular complexity index is 544. The van der Waals surface area contributed by atoms with Gasteiger partial charge in [0.05, 0.1) is 18.1 Å². The van der Waals surface area contributed by atoms with Crippen LogP contribution >= 0.6 is 15.9 Å². The second-order valence-corrected chi connectivity index (χ2v) is 8.34. The maximum absolute atomic E-state index is 11.5. The molecule has 0 aromatic heterocycles. The van der Waals surface area contributed by atoms with E-state index in [1.807, 2.05) is 24.3 Å². The van der Waals surface area contributed by atoms with Crippen molar-refractivity contribution < 1.29 is 18.3 Å². The lowest BCUT2D eigenvalue weighted by Gasteiger charge is -2.20. The Hall–Kier alpha value is -0.590. The van der Waals surface area contributed by atoms with Gasteiger partial charge in [-0.3, -0.25) is 0 Å². The zero-order valence-electron chi connectivity index (χ0n) is 11.2. The van der Waals surface area contributed by atoms with Crippen LogP contribution in [-0.2, 0) is 9.84 Å². The van der Waals surface area contributed by atoms with Crippen molar-refractivity contribution in [2.45, 2.75) is 12.8 Å². The molecule has 0 bridgehead atoms. The van der Waals surface area contributed by atoms with E-state index in [0.29, 0.717) is 19.4 Å². The van der Waals surface area contributed by atoms with E-state index in [-0.39, 0.29) is 29.9 Å². The molecular formula is C14H19BrO4S. The molecule has 4 nitrogen and oxygen atoms in total. The third kappa shape index (κ3) is 4.46. The monoisotopic (exact) mass is 362 g/mol. The Morgan fingerprint density at radius 1 is 1.45 bits per heavy atom. The van der Waals surface area contributed by atoms with Gasteiger partial charge in [-0.25, -0.2) is 8.42 Å². The van der Waals surface area contributed by atoms with Crippen molar-refractivity contribution in [2.24, 2.45) is 11.8 Å². The van der Waals surface area contributed by atoms with Gasteiger partial charge in [-0.2, -0.15) is 0 Å². The molecule has 112 valence electrons. The first-order valence-electron chi connectivity index (χ1n) is 6.70. The predicted molar refractivity (Wildman–Crippen MR) is 81.6 cm³/mol. The summed E-state index contributed by atoms with van der Waals surface area (Å²) >= 11 is 3.38. The van der Waals surface area contributed by atoms with Gasteiger partial charge in [-0.05, 0) is 42.9 Å². The smallest absolute Gasteiger partial charge is 0.150 e. The van der Waals surface area contributed by atoms with Gasteiger partial charge in [-0.15, -0.1) is 0 Å². The average molecular weight is 363 g/mol.